The van der Waals surface area contributed by atoms with Gasteiger partial charge in [0.1, 0.15) is 0 Å². The van der Waals surface area contributed by atoms with E-state index >= 15 is 0 Å². The summed E-state index contributed by atoms with van der Waals surface area (Å²) in [4.78, 5) is 7.29. The Balaban J connectivity index is 1.98. The van der Waals surface area contributed by atoms with Crippen LogP contribution in [0.4, 0.5) is 0 Å². The van der Waals surface area contributed by atoms with Crippen LogP contribution in [0.2, 0.25) is 0 Å². The minimum absolute atomic E-state index is 0.320. The first-order chi connectivity index (χ1) is 8.56. The van der Waals surface area contributed by atoms with E-state index in [4.69, 9.17) is 4.98 Å². The molecule has 1 aliphatic rings. The third-order valence-corrected chi connectivity index (χ3v) is 5.18. The van der Waals surface area contributed by atoms with Crippen molar-refractivity contribution in [2.45, 2.75) is 26.2 Å². The van der Waals surface area contributed by atoms with Crippen molar-refractivity contribution in [3.8, 4) is 0 Å². The number of hydrogen-bond acceptors (Lipinski definition) is 3. The summed E-state index contributed by atoms with van der Waals surface area (Å²) >= 11 is 1.88. The summed E-state index contributed by atoms with van der Waals surface area (Å²) in [5, 5.41) is 1.33. The van der Waals surface area contributed by atoms with Gasteiger partial charge in [-0.05, 0) is 37.6 Å². The van der Waals surface area contributed by atoms with E-state index in [9.17, 15) is 0 Å². The topological polar surface area (TPSA) is 16.1 Å². The van der Waals surface area contributed by atoms with Crippen LogP contribution in [0, 0.1) is 5.41 Å². The molecule has 3 heteroatoms. The van der Waals surface area contributed by atoms with E-state index in [2.05, 4.69) is 50.1 Å². The number of hydrogen-bond donors (Lipinski definition) is 0. The van der Waals surface area contributed by atoms with Crippen molar-refractivity contribution in [1.29, 1.82) is 0 Å². The summed E-state index contributed by atoms with van der Waals surface area (Å²) in [6.07, 6.45) is 1.23. The number of likely N-dealkylation sites (tertiary alicyclic amines) is 1. The molecule has 1 unspecified atom stereocenters. The van der Waals surface area contributed by atoms with Gasteiger partial charge in [0.25, 0.3) is 0 Å². The first-order valence-corrected chi connectivity index (χ1v) is 7.42. The van der Waals surface area contributed by atoms with Gasteiger partial charge in [-0.3, -0.25) is 0 Å². The van der Waals surface area contributed by atoms with Crippen LogP contribution < -0.4 is 0 Å². The zero-order chi connectivity index (χ0) is 12.8. The fourth-order valence-corrected chi connectivity index (χ4v) is 4.44. The normalized spacial score (nSPS) is 24.5. The van der Waals surface area contributed by atoms with E-state index < -0.39 is 0 Å². The quantitative estimate of drug-likeness (QED) is 0.776. The van der Waals surface area contributed by atoms with Gasteiger partial charge in [0.05, 0.1) is 15.2 Å². The fourth-order valence-electron chi connectivity index (χ4n) is 3.12. The molecule has 1 aliphatic heterocycles. The molecular formula is C15H20N2S. The predicted octanol–water partition coefficient (Wildman–Crippen LogP) is 3.74. The Hall–Kier alpha value is -0.930. The summed E-state index contributed by atoms with van der Waals surface area (Å²) in [5.74, 6) is 0.603. The molecule has 2 nitrogen and oxygen atoms in total. The molecule has 1 fully saturated rings. The minimum atomic E-state index is 0.320. The Morgan fingerprint density at radius 2 is 2.11 bits per heavy atom. The van der Waals surface area contributed by atoms with Gasteiger partial charge in [-0.15, -0.1) is 11.3 Å². The molecule has 0 bridgehead atoms. The van der Waals surface area contributed by atoms with Gasteiger partial charge in [-0.25, -0.2) is 4.98 Å². The second-order valence-electron chi connectivity index (χ2n) is 6.09. The lowest BCUT2D eigenvalue weighted by atomic mass is 9.74. The molecule has 1 aromatic heterocycles. The summed E-state index contributed by atoms with van der Waals surface area (Å²) in [6, 6.07) is 8.48. The highest BCUT2D eigenvalue weighted by atomic mass is 32.1. The van der Waals surface area contributed by atoms with E-state index in [1.807, 2.05) is 11.3 Å². The summed E-state index contributed by atoms with van der Waals surface area (Å²) in [5.41, 5.74) is 1.48. The molecule has 0 saturated carbocycles. The maximum absolute atomic E-state index is 4.86. The molecule has 0 amide bonds. The van der Waals surface area contributed by atoms with Gasteiger partial charge in [0.15, 0.2) is 0 Å². The van der Waals surface area contributed by atoms with E-state index in [0.29, 0.717) is 11.3 Å². The maximum Gasteiger partial charge on any atom is 0.0975 e. The highest BCUT2D eigenvalue weighted by molar-refractivity contribution is 7.18. The van der Waals surface area contributed by atoms with Gasteiger partial charge in [0, 0.05) is 12.5 Å². The summed E-state index contributed by atoms with van der Waals surface area (Å²) in [7, 11) is 2.22. The SMILES string of the molecule is CN1CCC(c2nc3ccccc3s2)C(C)(C)C1. The molecule has 2 aromatic rings. The van der Waals surface area contributed by atoms with E-state index in [0.717, 1.165) is 12.1 Å². The van der Waals surface area contributed by atoms with E-state index in [1.165, 1.54) is 22.7 Å². The lowest BCUT2D eigenvalue weighted by Crippen LogP contribution is -2.42. The van der Waals surface area contributed by atoms with E-state index in [1.54, 1.807) is 0 Å². The molecule has 0 aliphatic carbocycles. The van der Waals surface area contributed by atoms with E-state index in [-0.39, 0.29) is 0 Å². The molecular weight excluding hydrogens is 240 g/mol. The maximum atomic E-state index is 4.86. The molecule has 3 rings (SSSR count). The first-order valence-electron chi connectivity index (χ1n) is 6.60. The third-order valence-electron chi connectivity index (χ3n) is 4.03. The third kappa shape index (κ3) is 2.06. The Bertz CT molecular complexity index is 525. The zero-order valence-corrected chi connectivity index (χ0v) is 12.1. The number of para-hydroxylation sites is 1. The molecule has 96 valence electrons. The smallest absolute Gasteiger partial charge is 0.0975 e. The van der Waals surface area contributed by atoms with Gasteiger partial charge >= 0.3 is 0 Å². The largest absolute Gasteiger partial charge is 0.306 e. The van der Waals surface area contributed by atoms with Crippen LogP contribution in [0.15, 0.2) is 24.3 Å². The Labute approximate surface area is 113 Å². The molecule has 0 N–H and O–H groups in total. The Morgan fingerprint density at radius 3 is 2.83 bits per heavy atom. The second kappa shape index (κ2) is 4.32. The van der Waals surface area contributed by atoms with Crippen LogP contribution in [-0.4, -0.2) is 30.0 Å². The van der Waals surface area contributed by atoms with Crippen molar-refractivity contribution in [2.75, 3.05) is 20.1 Å². The van der Waals surface area contributed by atoms with Crippen molar-refractivity contribution >= 4 is 21.6 Å². The molecule has 1 saturated heterocycles. The Kier molecular flexibility index (Phi) is 2.91. The summed E-state index contributed by atoms with van der Waals surface area (Å²) in [6.45, 7) is 7.09. The molecule has 18 heavy (non-hydrogen) atoms. The lowest BCUT2D eigenvalue weighted by Gasteiger charge is -2.42. The van der Waals surface area contributed by atoms with Gasteiger partial charge in [-0.1, -0.05) is 26.0 Å². The van der Waals surface area contributed by atoms with Gasteiger partial charge in [-0.2, -0.15) is 0 Å². The van der Waals surface area contributed by atoms with Crippen LogP contribution in [0.25, 0.3) is 10.2 Å². The number of nitrogens with zero attached hydrogens (tertiary/aromatic N) is 2. The highest BCUT2D eigenvalue weighted by Gasteiger charge is 2.37. The van der Waals surface area contributed by atoms with Gasteiger partial charge in [0.2, 0.25) is 0 Å². The predicted molar refractivity (Wildman–Crippen MR) is 78.3 cm³/mol. The number of benzene rings is 1. The van der Waals surface area contributed by atoms with Crippen molar-refractivity contribution in [1.82, 2.24) is 9.88 Å². The van der Waals surface area contributed by atoms with Crippen molar-refractivity contribution < 1.29 is 0 Å². The zero-order valence-electron chi connectivity index (χ0n) is 11.3. The molecule has 1 aromatic carbocycles. The standard InChI is InChI=1S/C15H20N2S/c1-15(2)10-17(3)9-8-11(15)14-16-12-6-4-5-7-13(12)18-14/h4-7,11H,8-10H2,1-3H3. The van der Waals surface area contributed by atoms with Crippen LogP contribution in [-0.2, 0) is 0 Å². The van der Waals surface area contributed by atoms with Crippen molar-refractivity contribution in [2.24, 2.45) is 5.41 Å². The number of piperidine rings is 1. The van der Waals surface area contributed by atoms with Crippen molar-refractivity contribution in [3.05, 3.63) is 29.3 Å². The fraction of sp³-hybridized carbons (Fsp3) is 0.533. The van der Waals surface area contributed by atoms with Crippen molar-refractivity contribution in [3.63, 3.8) is 0 Å². The molecule has 1 atom stereocenters. The van der Waals surface area contributed by atoms with Crippen LogP contribution in [0.5, 0.6) is 0 Å². The average molecular weight is 260 g/mol. The van der Waals surface area contributed by atoms with Crippen LogP contribution in [0.1, 0.15) is 31.2 Å². The number of thiazole rings is 1. The first kappa shape index (κ1) is 12.1. The number of rotatable bonds is 1. The second-order valence-corrected chi connectivity index (χ2v) is 7.15. The van der Waals surface area contributed by atoms with Crippen LogP contribution in [0.3, 0.4) is 0 Å². The molecule has 0 radical (unpaired) electrons. The number of aromatic nitrogens is 1. The molecule has 2 heterocycles. The van der Waals surface area contributed by atoms with Crippen LogP contribution >= 0.6 is 11.3 Å². The molecule has 0 spiro atoms. The lowest BCUT2D eigenvalue weighted by molar-refractivity contribution is 0.114. The monoisotopic (exact) mass is 260 g/mol. The summed E-state index contributed by atoms with van der Waals surface area (Å²) < 4.78 is 1.32. The van der Waals surface area contributed by atoms with Gasteiger partial charge < -0.3 is 4.90 Å². The Morgan fingerprint density at radius 1 is 1.33 bits per heavy atom. The number of fused-ring (bicyclic) bond motifs is 1. The highest BCUT2D eigenvalue weighted by Crippen LogP contribution is 2.43. The average Bonchev–Trinajstić information content (AvgIpc) is 2.70. The minimum Gasteiger partial charge on any atom is -0.306 e.